The van der Waals surface area contributed by atoms with Crippen LogP contribution in [0.3, 0.4) is 0 Å². The summed E-state index contributed by atoms with van der Waals surface area (Å²) in [6, 6.07) is 8.41. The highest BCUT2D eigenvalue weighted by Gasteiger charge is 2.23. The summed E-state index contributed by atoms with van der Waals surface area (Å²) in [5.41, 5.74) is 5.14. The van der Waals surface area contributed by atoms with Crippen LogP contribution in [0, 0.1) is 34.6 Å². The summed E-state index contributed by atoms with van der Waals surface area (Å²) in [6.07, 6.45) is -1.02. The number of carbonyl (C=O) groups excluding carboxylic acids is 2. The van der Waals surface area contributed by atoms with E-state index in [0.29, 0.717) is 5.56 Å². The standard InChI is InChI=1S/C22H27NO5S/c1-13-7-8-19(10-15(13)3)29(26,27)23-12-21(24)28-18(6)22(25)20-11-16(4)14(2)9-17(20)5/h7-11,18,23H,12H2,1-6H3/t18-/m1/s1. The summed E-state index contributed by atoms with van der Waals surface area (Å²) in [5.74, 6) is -1.14. The van der Waals surface area contributed by atoms with E-state index in [1.165, 1.54) is 19.1 Å². The van der Waals surface area contributed by atoms with Crippen molar-refractivity contribution in [2.24, 2.45) is 0 Å². The van der Waals surface area contributed by atoms with Crippen LogP contribution in [0.25, 0.3) is 0 Å². The Bertz CT molecular complexity index is 1060. The van der Waals surface area contributed by atoms with Crippen LogP contribution in [0.5, 0.6) is 0 Å². The van der Waals surface area contributed by atoms with Gasteiger partial charge in [-0.2, -0.15) is 4.72 Å². The minimum atomic E-state index is -3.86. The van der Waals surface area contributed by atoms with Crippen molar-refractivity contribution in [2.45, 2.75) is 52.5 Å². The van der Waals surface area contributed by atoms with E-state index in [9.17, 15) is 18.0 Å². The Kier molecular flexibility index (Phi) is 6.97. The Labute approximate surface area is 172 Å². The van der Waals surface area contributed by atoms with Gasteiger partial charge in [0, 0.05) is 5.56 Å². The molecule has 6 nitrogen and oxygen atoms in total. The van der Waals surface area contributed by atoms with Gasteiger partial charge in [-0.25, -0.2) is 8.42 Å². The van der Waals surface area contributed by atoms with Crippen molar-refractivity contribution in [3.05, 3.63) is 63.7 Å². The monoisotopic (exact) mass is 417 g/mol. The molecule has 0 aromatic heterocycles. The van der Waals surface area contributed by atoms with Gasteiger partial charge in [-0.05, 0) is 87.6 Å². The third kappa shape index (κ3) is 5.52. The van der Waals surface area contributed by atoms with Crippen molar-refractivity contribution < 1.29 is 22.7 Å². The summed E-state index contributed by atoms with van der Waals surface area (Å²) in [5, 5.41) is 0. The molecule has 7 heteroatoms. The number of ether oxygens (including phenoxy) is 1. The predicted octanol–water partition coefficient (Wildman–Crippen LogP) is 3.32. The number of rotatable bonds is 7. The lowest BCUT2D eigenvalue weighted by atomic mass is 9.96. The molecule has 0 bridgehead atoms. The van der Waals surface area contributed by atoms with Crippen molar-refractivity contribution in [1.29, 1.82) is 0 Å². The maximum absolute atomic E-state index is 12.6. The first-order valence-corrected chi connectivity index (χ1v) is 10.8. The molecule has 0 aliphatic rings. The van der Waals surface area contributed by atoms with Crippen molar-refractivity contribution in [3.63, 3.8) is 0 Å². The fourth-order valence-electron chi connectivity index (χ4n) is 2.86. The molecule has 0 saturated heterocycles. The van der Waals surface area contributed by atoms with Crippen LogP contribution < -0.4 is 4.72 Å². The minimum absolute atomic E-state index is 0.0725. The average Bonchev–Trinajstić information content (AvgIpc) is 2.64. The zero-order chi connectivity index (χ0) is 21.9. The Morgan fingerprint density at radius 2 is 1.48 bits per heavy atom. The van der Waals surface area contributed by atoms with Crippen LogP contribution in [0.2, 0.25) is 0 Å². The lowest BCUT2D eigenvalue weighted by molar-refractivity contribution is -0.144. The predicted molar refractivity (Wildman–Crippen MR) is 112 cm³/mol. The second kappa shape index (κ2) is 8.88. The van der Waals surface area contributed by atoms with Gasteiger partial charge in [-0.3, -0.25) is 9.59 Å². The molecule has 2 aromatic carbocycles. The maximum atomic E-state index is 12.6. The molecule has 0 unspecified atom stereocenters. The molecular formula is C22H27NO5S. The van der Waals surface area contributed by atoms with E-state index < -0.39 is 28.6 Å². The number of sulfonamides is 1. The molecule has 0 fully saturated rings. The molecule has 0 spiro atoms. The quantitative estimate of drug-likeness (QED) is 0.551. The van der Waals surface area contributed by atoms with Crippen molar-refractivity contribution >= 4 is 21.8 Å². The fourth-order valence-corrected chi connectivity index (χ4v) is 3.91. The summed E-state index contributed by atoms with van der Waals surface area (Å²) >= 11 is 0. The fraction of sp³-hybridized carbons (Fsp3) is 0.364. The van der Waals surface area contributed by atoms with Gasteiger partial charge in [0.05, 0.1) is 4.90 Å². The van der Waals surface area contributed by atoms with Crippen molar-refractivity contribution in [2.75, 3.05) is 6.54 Å². The number of nitrogens with one attached hydrogen (secondary N) is 1. The van der Waals surface area contributed by atoms with E-state index in [1.54, 1.807) is 12.1 Å². The first-order chi connectivity index (χ1) is 13.4. The molecule has 29 heavy (non-hydrogen) atoms. The van der Waals surface area contributed by atoms with E-state index in [0.717, 1.165) is 27.8 Å². The average molecular weight is 418 g/mol. The lowest BCUT2D eigenvalue weighted by Crippen LogP contribution is -2.34. The number of aryl methyl sites for hydroxylation is 5. The van der Waals surface area contributed by atoms with Crippen LogP contribution in [-0.4, -0.2) is 32.8 Å². The molecule has 0 aliphatic carbocycles. The van der Waals surface area contributed by atoms with Gasteiger partial charge < -0.3 is 4.74 Å². The highest BCUT2D eigenvalue weighted by atomic mass is 32.2. The molecule has 1 atom stereocenters. The van der Waals surface area contributed by atoms with E-state index >= 15 is 0 Å². The van der Waals surface area contributed by atoms with Crippen LogP contribution >= 0.6 is 0 Å². The molecule has 0 amide bonds. The minimum Gasteiger partial charge on any atom is -0.453 e. The van der Waals surface area contributed by atoms with Gasteiger partial charge in [0.1, 0.15) is 6.54 Å². The highest BCUT2D eigenvalue weighted by Crippen LogP contribution is 2.18. The summed E-state index contributed by atoms with van der Waals surface area (Å²) in [6.45, 7) is 10.3. The first-order valence-electron chi connectivity index (χ1n) is 9.31. The van der Waals surface area contributed by atoms with E-state index in [2.05, 4.69) is 4.72 Å². The summed E-state index contributed by atoms with van der Waals surface area (Å²) in [7, 11) is -3.86. The van der Waals surface area contributed by atoms with Crippen LogP contribution in [0.4, 0.5) is 0 Å². The number of benzene rings is 2. The zero-order valence-electron chi connectivity index (χ0n) is 17.6. The van der Waals surface area contributed by atoms with Crippen LogP contribution in [0.15, 0.2) is 35.2 Å². The van der Waals surface area contributed by atoms with Gasteiger partial charge in [0.15, 0.2) is 6.10 Å². The molecule has 2 rings (SSSR count). The second-order valence-electron chi connectivity index (χ2n) is 7.32. The number of esters is 1. The second-order valence-corrected chi connectivity index (χ2v) is 9.09. The van der Waals surface area contributed by atoms with E-state index in [4.69, 9.17) is 4.74 Å². The third-order valence-electron chi connectivity index (χ3n) is 4.98. The Balaban J connectivity index is 2.02. The normalized spacial score (nSPS) is 12.5. The largest absolute Gasteiger partial charge is 0.453 e. The van der Waals surface area contributed by atoms with Crippen molar-refractivity contribution in [1.82, 2.24) is 4.72 Å². The lowest BCUT2D eigenvalue weighted by Gasteiger charge is -2.15. The number of hydrogen-bond donors (Lipinski definition) is 1. The molecule has 0 saturated carbocycles. The third-order valence-corrected chi connectivity index (χ3v) is 6.38. The number of hydrogen-bond acceptors (Lipinski definition) is 5. The zero-order valence-corrected chi connectivity index (χ0v) is 18.4. The van der Waals surface area contributed by atoms with Gasteiger partial charge in [0.25, 0.3) is 0 Å². The molecule has 0 radical (unpaired) electrons. The summed E-state index contributed by atoms with van der Waals surface area (Å²) in [4.78, 5) is 24.8. The molecule has 0 heterocycles. The number of carbonyl (C=O) groups is 2. The highest BCUT2D eigenvalue weighted by molar-refractivity contribution is 7.89. The Morgan fingerprint density at radius 3 is 2.10 bits per heavy atom. The van der Waals surface area contributed by atoms with E-state index in [-0.39, 0.29) is 10.7 Å². The van der Waals surface area contributed by atoms with Crippen LogP contribution in [-0.2, 0) is 19.6 Å². The molecule has 156 valence electrons. The number of ketones is 1. The van der Waals surface area contributed by atoms with Crippen LogP contribution in [0.1, 0.15) is 45.1 Å². The first kappa shape index (κ1) is 22.8. The molecular weight excluding hydrogens is 390 g/mol. The number of Topliss-reactive ketones (excluding diaryl/α,β-unsaturated/α-hetero) is 1. The van der Waals surface area contributed by atoms with E-state index in [1.807, 2.05) is 40.7 Å². The van der Waals surface area contributed by atoms with Gasteiger partial charge >= 0.3 is 5.97 Å². The topological polar surface area (TPSA) is 89.5 Å². The Hall–Kier alpha value is -2.51. The molecule has 1 N–H and O–H groups in total. The molecule has 2 aromatic rings. The maximum Gasteiger partial charge on any atom is 0.321 e. The van der Waals surface area contributed by atoms with Gasteiger partial charge in [-0.15, -0.1) is 0 Å². The molecule has 0 aliphatic heterocycles. The summed E-state index contributed by atoms with van der Waals surface area (Å²) < 4.78 is 32.1. The van der Waals surface area contributed by atoms with Gasteiger partial charge in [-0.1, -0.05) is 12.1 Å². The SMILES string of the molecule is Cc1ccc(S(=O)(=O)NCC(=O)O[C@H](C)C(=O)c2cc(C)c(C)cc2C)cc1C. The van der Waals surface area contributed by atoms with Crippen molar-refractivity contribution in [3.8, 4) is 0 Å². The smallest absolute Gasteiger partial charge is 0.321 e. The van der Waals surface area contributed by atoms with Gasteiger partial charge in [0.2, 0.25) is 15.8 Å². The Morgan fingerprint density at radius 1 is 0.897 bits per heavy atom.